The second kappa shape index (κ2) is 7.63. The first-order chi connectivity index (χ1) is 12.0. The number of hydrogen-bond acceptors (Lipinski definition) is 4. The lowest BCUT2D eigenvalue weighted by molar-refractivity contribution is -0.125. The Labute approximate surface area is 150 Å². The van der Waals surface area contributed by atoms with Crippen molar-refractivity contribution in [2.45, 2.75) is 25.1 Å². The number of rotatable bonds is 4. The number of aliphatic hydroxyl groups excluding tert-OH is 1. The lowest BCUT2D eigenvalue weighted by atomic mass is 10.1. The zero-order valence-electron chi connectivity index (χ0n) is 13.4. The number of pyridine rings is 1. The fraction of sp³-hybridized carbons (Fsp3) is 0.278. The maximum Gasteiger partial charge on any atom is 0.254 e. The van der Waals surface area contributed by atoms with Crippen LogP contribution in [0.5, 0.6) is 0 Å². The van der Waals surface area contributed by atoms with Gasteiger partial charge >= 0.3 is 0 Å². The van der Waals surface area contributed by atoms with Gasteiger partial charge in [0.1, 0.15) is 6.04 Å². The van der Waals surface area contributed by atoms with Crippen LogP contribution in [0.3, 0.4) is 0 Å². The molecule has 0 saturated carbocycles. The van der Waals surface area contributed by atoms with Crippen molar-refractivity contribution in [3.63, 3.8) is 0 Å². The molecule has 0 bridgehead atoms. The summed E-state index contributed by atoms with van der Waals surface area (Å²) in [7, 11) is 0. The number of β-amino-alcohol motifs (C(OH)–C–C–N with tert-alkyl or cyclic N) is 1. The summed E-state index contributed by atoms with van der Waals surface area (Å²) in [5.74, 6) is -0.570. The van der Waals surface area contributed by atoms with Crippen LogP contribution in [0, 0.1) is 0 Å². The molecule has 25 heavy (non-hydrogen) atoms. The predicted octanol–water partition coefficient (Wildman–Crippen LogP) is 1.63. The highest BCUT2D eigenvalue weighted by molar-refractivity contribution is 6.30. The Morgan fingerprint density at radius 3 is 2.56 bits per heavy atom. The molecule has 3 rings (SSSR count). The monoisotopic (exact) mass is 359 g/mol. The summed E-state index contributed by atoms with van der Waals surface area (Å²) in [6.45, 7) is 0.472. The summed E-state index contributed by atoms with van der Waals surface area (Å²) < 4.78 is 0. The van der Waals surface area contributed by atoms with Crippen molar-refractivity contribution >= 4 is 23.4 Å². The molecule has 0 unspecified atom stereocenters. The summed E-state index contributed by atoms with van der Waals surface area (Å²) in [4.78, 5) is 30.4. The van der Waals surface area contributed by atoms with E-state index in [0.717, 1.165) is 5.56 Å². The number of nitrogens with zero attached hydrogens (tertiary/aromatic N) is 2. The number of aromatic nitrogens is 1. The summed E-state index contributed by atoms with van der Waals surface area (Å²) in [6, 6.07) is 9.65. The Morgan fingerprint density at radius 1 is 1.20 bits per heavy atom. The van der Waals surface area contributed by atoms with Crippen molar-refractivity contribution in [1.29, 1.82) is 0 Å². The molecule has 2 aromatic rings. The third-order valence-corrected chi connectivity index (χ3v) is 4.40. The Hall–Kier alpha value is -2.44. The van der Waals surface area contributed by atoms with Crippen LogP contribution in [0.15, 0.2) is 48.8 Å². The smallest absolute Gasteiger partial charge is 0.254 e. The van der Waals surface area contributed by atoms with Gasteiger partial charge in [0.15, 0.2) is 0 Å². The van der Waals surface area contributed by atoms with E-state index in [2.05, 4.69) is 10.3 Å². The van der Waals surface area contributed by atoms with Gasteiger partial charge in [0.05, 0.1) is 6.10 Å². The molecule has 1 aromatic heterocycles. The number of nitrogens with one attached hydrogen (secondary N) is 1. The molecule has 0 spiro atoms. The molecule has 0 aliphatic carbocycles. The van der Waals surface area contributed by atoms with Crippen molar-refractivity contribution in [1.82, 2.24) is 15.2 Å². The molecule has 2 atom stereocenters. The second-order valence-corrected chi connectivity index (χ2v) is 6.38. The van der Waals surface area contributed by atoms with Crippen LogP contribution in [0.1, 0.15) is 22.3 Å². The van der Waals surface area contributed by atoms with E-state index in [1.54, 1.807) is 24.3 Å². The van der Waals surface area contributed by atoms with Gasteiger partial charge in [0.25, 0.3) is 5.91 Å². The molecule has 1 aliphatic rings. The number of hydrogen-bond donors (Lipinski definition) is 2. The molecule has 7 heteroatoms. The van der Waals surface area contributed by atoms with E-state index >= 15 is 0 Å². The Morgan fingerprint density at radius 2 is 1.88 bits per heavy atom. The standard InChI is InChI=1S/C18H18ClN3O3/c19-14-3-1-12(2-4-14)10-21-17(24)16-9-15(23)11-22(16)18(25)13-5-7-20-8-6-13/h1-8,15-16,23H,9-11H2,(H,21,24)/t15-,16+/m1/s1. The van der Waals surface area contributed by atoms with E-state index in [0.29, 0.717) is 17.1 Å². The van der Waals surface area contributed by atoms with Crippen LogP contribution < -0.4 is 5.32 Å². The number of halogens is 1. The van der Waals surface area contributed by atoms with Crippen molar-refractivity contribution in [2.24, 2.45) is 0 Å². The van der Waals surface area contributed by atoms with Gasteiger partial charge < -0.3 is 15.3 Å². The average molecular weight is 360 g/mol. The molecule has 2 heterocycles. The summed E-state index contributed by atoms with van der Waals surface area (Å²) in [5.41, 5.74) is 1.35. The molecular weight excluding hydrogens is 342 g/mol. The van der Waals surface area contributed by atoms with Gasteiger partial charge in [-0.2, -0.15) is 0 Å². The average Bonchev–Trinajstić information content (AvgIpc) is 3.03. The number of carbonyl (C=O) groups is 2. The maximum absolute atomic E-state index is 12.6. The lowest BCUT2D eigenvalue weighted by Gasteiger charge is -2.23. The van der Waals surface area contributed by atoms with Crippen LogP contribution in [-0.4, -0.2) is 45.5 Å². The minimum Gasteiger partial charge on any atom is -0.391 e. The van der Waals surface area contributed by atoms with E-state index in [4.69, 9.17) is 11.6 Å². The van der Waals surface area contributed by atoms with E-state index in [1.165, 1.54) is 17.3 Å². The predicted molar refractivity (Wildman–Crippen MR) is 93.0 cm³/mol. The topological polar surface area (TPSA) is 82.5 Å². The molecule has 2 amide bonds. The highest BCUT2D eigenvalue weighted by Gasteiger charge is 2.39. The Bertz CT molecular complexity index is 752. The van der Waals surface area contributed by atoms with Gasteiger partial charge in [-0.3, -0.25) is 14.6 Å². The van der Waals surface area contributed by atoms with Gasteiger partial charge in [-0.1, -0.05) is 23.7 Å². The first-order valence-corrected chi connectivity index (χ1v) is 8.33. The van der Waals surface area contributed by atoms with Gasteiger partial charge in [-0.25, -0.2) is 0 Å². The molecule has 130 valence electrons. The van der Waals surface area contributed by atoms with Crippen molar-refractivity contribution < 1.29 is 14.7 Å². The third-order valence-electron chi connectivity index (χ3n) is 4.15. The largest absolute Gasteiger partial charge is 0.391 e. The van der Waals surface area contributed by atoms with Crippen LogP contribution in [-0.2, 0) is 11.3 Å². The highest BCUT2D eigenvalue weighted by atomic mass is 35.5. The van der Waals surface area contributed by atoms with Gasteiger partial charge in [0.2, 0.25) is 5.91 Å². The number of aliphatic hydroxyl groups is 1. The molecule has 1 aliphatic heterocycles. The van der Waals surface area contributed by atoms with Crippen molar-refractivity contribution in [3.05, 3.63) is 64.9 Å². The summed E-state index contributed by atoms with van der Waals surface area (Å²) in [6.07, 6.45) is 2.56. The highest BCUT2D eigenvalue weighted by Crippen LogP contribution is 2.21. The Balaban J connectivity index is 1.67. The molecule has 0 radical (unpaired) electrons. The zero-order chi connectivity index (χ0) is 17.8. The van der Waals surface area contributed by atoms with Crippen LogP contribution in [0.25, 0.3) is 0 Å². The normalized spacial score (nSPS) is 19.7. The number of benzene rings is 1. The molecular formula is C18H18ClN3O3. The van der Waals surface area contributed by atoms with Crippen molar-refractivity contribution in [3.8, 4) is 0 Å². The maximum atomic E-state index is 12.6. The number of amides is 2. The molecule has 1 aromatic carbocycles. The van der Waals surface area contributed by atoms with Gasteiger partial charge in [0, 0.05) is 42.5 Å². The second-order valence-electron chi connectivity index (χ2n) is 5.94. The fourth-order valence-electron chi connectivity index (χ4n) is 2.86. The molecule has 1 saturated heterocycles. The van der Waals surface area contributed by atoms with Crippen LogP contribution >= 0.6 is 11.6 Å². The fourth-order valence-corrected chi connectivity index (χ4v) is 2.98. The van der Waals surface area contributed by atoms with E-state index in [-0.39, 0.29) is 24.8 Å². The van der Waals surface area contributed by atoms with Crippen LogP contribution in [0.2, 0.25) is 5.02 Å². The molecule has 1 fully saturated rings. The molecule has 6 nitrogen and oxygen atoms in total. The first-order valence-electron chi connectivity index (χ1n) is 7.96. The minimum absolute atomic E-state index is 0.139. The first kappa shape index (κ1) is 17.4. The quantitative estimate of drug-likeness (QED) is 0.869. The van der Waals surface area contributed by atoms with E-state index < -0.39 is 12.1 Å². The van der Waals surface area contributed by atoms with E-state index in [9.17, 15) is 14.7 Å². The van der Waals surface area contributed by atoms with Crippen LogP contribution in [0.4, 0.5) is 0 Å². The minimum atomic E-state index is -0.711. The molecule has 2 N–H and O–H groups in total. The number of carbonyl (C=O) groups excluding carboxylic acids is 2. The van der Waals surface area contributed by atoms with Gasteiger partial charge in [-0.05, 0) is 29.8 Å². The third kappa shape index (κ3) is 4.15. The van der Waals surface area contributed by atoms with Crippen molar-refractivity contribution in [2.75, 3.05) is 6.54 Å². The zero-order valence-corrected chi connectivity index (χ0v) is 14.2. The van der Waals surface area contributed by atoms with E-state index in [1.807, 2.05) is 12.1 Å². The lowest BCUT2D eigenvalue weighted by Crippen LogP contribution is -2.45. The van der Waals surface area contributed by atoms with Gasteiger partial charge in [-0.15, -0.1) is 0 Å². The summed E-state index contributed by atoms with van der Waals surface area (Å²) >= 11 is 5.84. The Kier molecular flexibility index (Phi) is 5.31. The summed E-state index contributed by atoms with van der Waals surface area (Å²) in [5, 5.41) is 13.4. The number of likely N-dealkylation sites (tertiary alicyclic amines) is 1. The SMILES string of the molecule is O=C(NCc1ccc(Cl)cc1)[C@@H]1C[C@@H](O)CN1C(=O)c1ccncc1.